The number of hydrogen-bond donors (Lipinski definition) is 1. The molecule has 0 saturated heterocycles. The molecule has 0 aliphatic carbocycles. The summed E-state index contributed by atoms with van der Waals surface area (Å²) in [6.07, 6.45) is 0. The molecule has 2 rings (SSSR count). The molecule has 0 unspecified atom stereocenters. The highest BCUT2D eigenvalue weighted by atomic mass is 32.2. The summed E-state index contributed by atoms with van der Waals surface area (Å²) in [5.74, 6) is 1.12. The number of thiophene rings is 1. The standard InChI is InChI=1S/C7H8N2S2/c8-5-3-6(11-4-5)7-9-1-2-10-7/h3-4H,1-2,8H2. The Balaban J connectivity index is 2.28. The maximum Gasteiger partial charge on any atom is 0.108 e. The largest absolute Gasteiger partial charge is 0.398 e. The minimum absolute atomic E-state index is 0.847. The van der Waals surface area contributed by atoms with Gasteiger partial charge in [0.25, 0.3) is 0 Å². The van der Waals surface area contributed by atoms with E-state index in [9.17, 15) is 0 Å². The van der Waals surface area contributed by atoms with Crippen LogP contribution in [-0.2, 0) is 0 Å². The highest BCUT2D eigenvalue weighted by molar-refractivity contribution is 8.15. The number of nitrogens with zero attached hydrogens (tertiary/aromatic N) is 1. The molecular weight excluding hydrogens is 176 g/mol. The molecule has 11 heavy (non-hydrogen) atoms. The summed E-state index contributed by atoms with van der Waals surface area (Å²) in [5.41, 5.74) is 6.44. The van der Waals surface area contributed by atoms with Crippen molar-refractivity contribution in [2.45, 2.75) is 0 Å². The molecule has 0 saturated carbocycles. The molecule has 2 nitrogen and oxygen atoms in total. The van der Waals surface area contributed by atoms with Gasteiger partial charge in [-0.1, -0.05) is 0 Å². The van der Waals surface area contributed by atoms with Crippen molar-refractivity contribution in [3.05, 3.63) is 16.3 Å². The Bertz CT molecular complexity index is 290. The van der Waals surface area contributed by atoms with E-state index in [1.807, 2.05) is 23.2 Å². The maximum absolute atomic E-state index is 5.59. The molecule has 4 heteroatoms. The summed E-state index contributed by atoms with van der Waals surface area (Å²) >= 11 is 3.48. The predicted octanol–water partition coefficient (Wildman–Crippen LogP) is 1.82. The number of anilines is 1. The quantitative estimate of drug-likeness (QED) is 0.723. The Labute approximate surface area is 73.5 Å². The Morgan fingerprint density at radius 2 is 2.45 bits per heavy atom. The van der Waals surface area contributed by atoms with Crippen LogP contribution in [0.25, 0.3) is 0 Å². The Morgan fingerprint density at radius 3 is 3.00 bits per heavy atom. The molecule has 1 aromatic rings. The highest BCUT2D eigenvalue weighted by Crippen LogP contribution is 2.25. The smallest absolute Gasteiger partial charge is 0.108 e. The minimum atomic E-state index is 0.847. The van der Waals surface area contributed by atoms with Gasteiger partial charge < -0.3 is 5.73 Å². The van der Waals surface area contributed by atoms with Crippen molar-refractivity contribution in [3.63, 3.8) is 0 Å². The number of rotatable bonds is 1. The summed E-state index contributed by atoms with van der Waals surface area (Å²) in [6, 6.07) is 1.99. The van der Waals surface area contributed by atoms with Crippen LogP contribution in [0.5, 0.6) is 0 Å². The van der Waals surface area contributed by atoms with Gasteiger partial charge in [-0.25, -0.2) is 0 Å². The Kier molecular flexibility index (Phi) is 1.87. The second-order valence-electron chi connectivity index (χ2n) is 2.28. The van der Waals surface area contributed by atoms with Crippen molar-refractivity contribution in [3.8, 4) is 0 Å². The first-order valence-corrected chi connectivity index (χ1v) is 5.24. The third-order valence-corrected chi connectivity index (χ3v) is 3.51. The minimum Gasteiger partial charge on any atom is -0.398 e. The van der Waals surface area contributed by atoms with Gasteiger partial charge in [-0.05, 0) is 6.07 Å². The Hall–Kier alpha value is -0.480. The average molecular weight is 184 g/mol. The zero-order valence-corrected chi connectivity index (χ0v) is 7.54. The van der Waals surface area contributed by atoms with E-state index in [4.69, 9.17) is 5.73 Å². The summed E-state index contributed by atoms with van der Waals surface area (Å²) < 4.78 is 0. The molecule has 1 aromatic heterocycles. The molecule has 58 valence electrons. The van der Waals surface area contributed by atoms with Crippen LogP contribution in [0.2, 0.25) is 0 Å². The van der Waals surface area contributed by atoms with Gasteiger partial charge in [0, 0.05) is 23.4 Å². The number of nitrogen functional groups attached to an aromatic ring is 1. The number of aliphatic imine (C=N–C) groups is 1. The molecule has 2 N–H and O–H groups in total. The second-order valence-corrected chi connectivity index (χ2v) is 4.27. The van der Waals surface area contributed by atoms with Crippen molar-refractivity contribution < 1.29 is 0 Å². The van der Waals surface area contributed by atoms with Crippen molar-refractivity contribution in [1.29, 1.82) is 0 Å². The molecular formula is C7H8N2S2. The lowest BCUT2D eigenvalue weighted by molar-refractivity contribution is 1.18. The zero-order valence-electron chi connectivity index (χ0n) is 5.91. The van der Waals surface area contributed by atoms with E-state index in [-0.39, 0.29) is 0 Å². The maximum atomic E-state index is 5.59. The van der Waals surface area contributed by atoms with Gasteiger partial charge in [-0.3, -0.25) is 4.99 Å². The molecule has 0 radical (unpaired) electrons. The average Bonchev–Trinajstić information content (AvgIpc) is 2.55. The molecule has 0 spiro atoms. The first-order valence-electron chi connectivity index (χ1n) is 3.38. The summed E-state index contributed by atoms with van der Waals surface area (Å²) in [4.78, 5) is 5.57. The topological polar surface area (TPSA) is 38.4 Å². The first-order chi connectivity index (χ1) is 5.36. The molecule has 0 fully saturated rings. The fourth-order valence-electron chi connectivity index (χ4n) is 0.947. The summed E-state index contributed by atoms with van der Waals surface area (Å²) in [5, 5.41) is 3.11. The van der Waals surface area contributed by atoms with Gasteiger partial charge >= 0.3 is 0 Å². The van der Waals surface area contributed by atoms with E-state index in [1.54, 1.807) is 11.3 Å². The van der Waals surface area contributed by atoms with Crippen molar-refractivity contribution >= 4 is 33.8 Å². The summed E-state index contributed by atoms with van der Waals surface area (Å²) in [6.45, 7) is 0.956. The van der Waals surface area contributed by atoms with Gasteiger partial charge in [0.05, 0.1) is 4.88 Å². The van der Waals surface area contributed by atoms with E-state index >= 15 is 0 Å². The first kappa shape index (κ1) is 7.18. The van der Waals surface area contributed by atoms with Crippen LogP contribution in [-0.4, -0.2) is 17.3 Å². The van der Waals surface area contributed by atoms with Crippen LogP contribution in [0.1, 0.15) is 4.88 Å². The van der Waals surface area contributed by atoms with Gasteiger partial charge in [0.2, 0.25) is 0 Å². The normalized spacial score (nSPS) is 16.9. The molecule has 0 atom stereocenters. The predicted molar refractivity (Wildman–Crippen MR) is 52.6 cm³/mol. The fraction of sp³-hybridized carbons (Fsp3) is 0.286. The van der Waals surface area contributed by atoms with Crippen LogP contribution >= 0.6 is 23.1 Å². The van der Waals surface area contributed by atoms with Gasteiger partial charge in [-0.2, -0.15) is 0 Å². The van der Waals surface area contributed by atoms with E-state index in [2.05, 4.69) is 4.99 Å². The molecule has 0 bridgehead atoms. The number of thioether (sulfide) groups is 1. The van der Waals surface area contributed by atoms with E-state index in [1.165, 1.54) is 4.88 Å². The van der Waals surface area contributed by atoms with E-state index < -0.39 is 0 Å². The monoisotopic (exact) mass is 184 g/mol. The lowest BCUT2D eigenvalue weighted by Crippen LogP contribution is -1.85. The van der Waals surface area contributed by atoms with Crippen LogP contribution in [0, 0.1) is 0 Å². The third kappa shape index (κ3) is 1.41. The van der Waals surface area contributed by atoms with E-state index in [0.29, 0.717) is 0 Å². The third-order valence-electron chi connectivity index (χ3n) is 1.42. The SMILES string of the molecule is Nc1csc(C2=NCCS2)c1. The highest BCUT2D eigenvalue weighted by Gasteiger charge is 2.10. The molecule has 1 aliphatic rings. The Morgan fingerprint density at radius 1 is 1.55 bits per heavy atom. The fourth-order valence-corrected chi connectivity index (χ4v) is 2.73. The summed E-state index contributed by atoms with van der Waals surface area (Å²) in [7, 11) is 0. The van der Waals surface area contributed by atoms with Gasteiger partial charge in [0.15, 0.2) is 0 Å². The lowest BCUT2D eigenvalue weighted by atomic mass is 10.4. The van der Waals surface area contributed by atoms with Crippen LogP contribution in [0.4, 0.5) is 5.69 Å². The zero-order chi connectivity index (χ0) is 7.68. The number of hydrogen-bond acceptors (Lipinski definition) is 4. The molecule has 1 aliphatic heterocycles. The second kappa shape index (κ2) is 2.87. The van der Waals surface area contributed by atoms with Crippen molar-refractivity contribution in [2.75, 3.05) is 18.0 Å². The molecule has 0 amide bonds. The molecule has 2 heterocycles. The van der Waals surface area contributed by atoms with Crippen LogP contribution in [0.15, 0.2) is 16.4 Å². The van der Waals surface area contributed by atoms with Crippen LogP contribution < -0.4 is 5.73 Å². The van der Waals surface area contributed by atoms with Crippen LogP contribution in [0.3, 0.4) is 0 Å². The lowest BCUT2D eigenvalue weighted by Gasteiger charge is -1.90. The van der Waals surface area contributed by atoms with E-state index in [0.717, 1.165) is 23.0 Å². The van der Waals surface area contributed by atoms with Crippen molar-refractivity contribution in [1.82, 2.24) is 0 Å². The van der Waals surface area contributed by atoms with Crippen molar-refractivity contribution in [2.24, 2.45) is 4.99 Å². The number of nitrogens with two attached hydrogens (primary N) is 1. The van der Waals surface area contributed by atoms with Gasteiger partial charge in [-0.15, -0.1) is 23.1 Å². The van der Waals surface area contributed by atoms with Gasteiger partial charge in [0.1, 0.15) is 5.04 Å². The molecule has 0 aromatic carbocycles.